The number of aromatic nitrogens is 2. The molecule has 0 saturated heterocycles. The number of carboxylic acid groups (broad SMARTS) is 1. The van der Waals surface area contributed by atoms with E-state index < -0.39 is 10.9 Å². The lowest BCUT2D eigenvalue weighted by atomic mass is 10.3. The van der Waals surface area contributed by atoms with Crippen molar-refractivity contribution >= 4 is 11.7 Å². The first-order valence-electron chi connectivity index (χ1n) is 6.00. The van der Waals surface area contributed by atoms with E-state index in [0.29, 0.717) is 17.1 Å². The minimum Gasteiger partial charge on any atom is -0.497 e. The maximum absolute atomic E-state index is 11.1. The monoisotopic (exact) mass is 291 g/mol. The highest BCUT2D eigenvalue weighted by atomic mass is 16.6. The third kappa shape index (κ3) is 3.16. The van der Waals surface area contributed by atoms with E-state index in [4.69, 9.17) is 9.84 Å². The Bertz CT molecular complexity index is 708. The summed E-state index contributed by atoms with van der Waals surface area (Å²) in [6.45, 7) is 1.88. The van der Waals surface area contributed by atoms with E-state index in [1.807, 2.05) is 0 Å². The number of methoxy groups -OCH3 is 1. The second-order valence-corrected chi connectivity index (χ2v) is 4.41. The van der Waals surface area contributed by atoms with E-state index in [1.54, 1.807) is 19.1 Å². The standard InChI is InChI=1S/C13H13N3O5/c1-8-3-11(21-2)4-9(14-8)6-15-7-10(16(19)20)5-12(15)13(17)18/h3-5,7H,6H2,1-2H3,(H,17,18). The predicted molar refractivity (Wildman–Crippen MR) is 72.7 cm³/mol. The van der Waals surface area contributed by atoms with Gasteiger partial charge in [0.2, 0.25) is 0 Å². The Kier molecular flexibility index (Phi) is 3.88. The molecule has 0 amide bonds. The van der Waals surface area contributed by atoms with Crippen LogP contribution in [0.4, 0.5) is 5.69 Å². The number of aromatic carboxylic acids is 1. The largest absolute Gasteiger partial charge is 0.497 e. The van der Waals surface area contributed by atoms with Crippen LogP contribution in [-0.4, -0.2) is 32.7 Å². The van der Waals surface area contributed by atoms with Gasteiger partial charge in [-0.05, 0) is 6.92 Å². The molecule has 0 radical (unpaired) electrons. The Hall–Kier alpha value is -2.90. The topological polar surface area (TPSA) is 107 Å². The van der Waals surface area contributed by atoms with Crippen molar-refractivity contribution in [3.05, 3.63) is 51.6 Å². The van der Waals surface area contributed by atoms with Crippen LogP contribution in [0.2, 0.25) is 0 Å². The van der Waals surface area contributed by atoms with E-state index >= 15 is 0 Å². The summed E-state index contributed by atoms with van der Waals surface area (Å²) in [5, 5.41) is 19.9. The number of hydrogen-bond acceptors (Lipinski definition) is 5. The van der Waals surface area contributed by atoms with Crippen LogP contribution in [-0.2, 0) is 6.54 Å². The van der Waals surface area contributed by atoms with Crippen LogP contribution < -0.4 is 4.74 Å². The van der Waals surface area contributed by atoms with Crippen molar-refractivity contribution in [1.29, 1.82) is 0 Å². The molecule has 0 bridgehead atoms. The first-order valence-corrected chi connectivity index (χ1v) is 6.00. The quantitative estimate of drug-likeness (QED) is 0.665. The number of aryl methyl sites for hydroxylation is 1. The zero-order valence-electron chi connectivity index (χ0n) is 11.4. The summed E-state index contributed by atoms with van der Waals surface area (Å²) in [4.78, 5) is 25.5. The lowest BCUT2D eigenvalue weighted by Gasteiger charge is -2.08. The Labute approximate surface area is 119 Å². The number of nitrogens with zero attached hydrogens (tertiary/aromatic N) is 3. The van der Waals surface area contributed by atoms with Crippen molar-refractivity contribution in [3.63, 3.8) is 0 Å². The van der Waals surface area contributed by atoms with E-state index in [9.17, 15) is 14.9 Å². The molecule has 0 spiro atoms. The molecule has 0 atom stereocenters. The zero-order chi connectivity index (χ0) is 15.6. The summed E-state index contributed by atoms with van der Waals surface area (Å²) in [7, 11) is 1.52. The molecule has 0 aliphatic carbocycles. The number of ether oxygens (including phenoxy) is 1. The van der Waals surface area contributed by atoms with Crippen LogP contribution in [0.5, 0.6) is 5.75 Å². The SMILES string of the molecule is COc1cc(C)nc(Cn2cc([N+](=O)[O-])cc2C(=O)O)c1. The average molecular weight is 291 g/mol. The Morgan fingerprint density at radius 3 is 2.76 bits per heavy atom. The molecule has 8 nitrogen and oxygen atoms in total. The molecule has 110 valence electrons. The average Bonchev–Trinajstić information content (AvgIpc) is 2.82. The molecule has 2 rings (SSSR count). The molecule has 0 saturated carbocycles. The first kappa shape index (κ1) is 14.5. The molecular formula is C13H13N3O5. The van der Waals surface area contributed by atoms with Gasteiger partial charge >= 0.3 is 5.97 Å². The van der Waals surface area contributed by atoms with Crippen LogP contribution in [0.1, 0.15) is 21.9 Å². The zero-order valence-corrected chi connectivity index (χ0v) is 11.4. The van der Waals surface area contributed by atoms with Crippen molar-refractivity contribution in [1.82, 2.24) is 9.55 Å². The summed E-state index contributed by atoms with van der Waals surface area (Å²) in [6.07, 6.45) is 1.18. The number of rotatable bonds is 5. The van der Waals surface area contributed by atoms with Crippen molar-refractivity contribution < 1.29 is 19.6 Å². The van der Waals surface area contributed by atoms with Gasteiger partial charge in [-0.2, -0.15) is 0 Å². The van der Waals surface area contributed by atoms with Gasteiger partial charge in [0, 0.05) is 23.9 Å². The van der Waals surface area contributed by atoms with Crippen molar-refractivity contribution in [2.45, 2.75) is 13.5 Å². The van der Waals surface area contributed by atoms with Crippen LogP contribution in [0.15, 0.2) is 24.4 Å². The lowest BCUT2D eigenvalue weighted by Crippen LogP contribution is -2.09. The van der Waals surface area contributed by atoms with Crippen molar-refractivity contribution in [3.8, 4) is 5.75 Å². The molecule has 0 unspecified atom stereocenters. The van der Waals surface area contributed by atoms with Crippen molar-refractivity contribution in [2.75, 3.05) is 7.11 Å². The highest BCUT2D eigenvalue weighted by Gasteiger charge is 2.19. The van der Waals surface area contributed by atoms with E-state index in [2.05, 4.69) is 4.98 Å². The fourth-order valence-electron chi connectivity index (χ4n) is 1.98. The minimum atomic E-state index is -1.23. The molecule has 0 fully saturated rings. The van der Waals surface area contributed by atoms with Gasteiger partial charge in [-0.25, -0.2) is 4.79 Å². The van der Waals surface area contributed by atoms with Gasteiger partial charge in [0.1, 0.15) is 11.4 Å². The molecule has 0 aliphatic heterocycles. The van der Waals surface area contributed by atoms with Gasteiger partial charge in [-0.1, -0.05) is 0 Å². The van der Waals surface area contributed by atoms with Crippen LogP contribution in [0, 0.1) is 17.0 Å². The molecule has 21 heavy (non-hydrogen) atoms. The lowest BCUT2D eigenvalue weighted by molar-refractivity contribution is -0.384. The van der Waals surface area contributed by atoms with Crippen LogP contribution in [0.25, 0.3) is 0 Å². The third-order valence-corrected chi connectivity index (χ3v) is 2.86. The molecule has 0 aromatic carbocycles. The number of nitro groups is 1. The van der Waals surface area contributed by atoms with Gasteiger partial charge in [0.25, 0.3) is 5.69 Å². The summed E-state index contributed by atoms with van der Waals surface area (Å²) < 4.78 is 6.40. The van der Waals surface area contributed by atoms with E-state index in [0.717, 1.165) is 6.07 Å². The molecule has 2 aromatic rings. The second kappa shape index (κ2) is 5.61. The summed E-state index contributed by atoms with van der Waals surface area (Å²) in [5.74, 6) is -0.640. The Morgan fingerprint density at radius 2 is 2.19 bits per heavy atom. The van der Waals surface area contributed by atoms with Gasteiger partial charge in [0.05, 0.1) is 30.5 Å². The van der Waals surface area contributed by atoms with E-state index in [-0.39, 0.29) is 17.9 Å². The molecular weight excluding hydrogens is 278 g/mol. The highest BCUT2D eigenvalue weighted by molar-refractivity contribution is 5.86. The summed E-state index contributed by atoms with van der Waals surface area (Å²) >= 11 is 0. The number of hydrogen-bond donors (Lipinski definition) is 1. The van der Waals surface area contributed by atoms with Gasteiger partial charge in [-0.3, -0.25) is 15.1 Å². The third-order valence-electron chi connectivity index (χ3n) is 2.86. The molecule has 2 heterocycles. The normalized spacial score (nSPS) is 10.4. The van der Waals surface area contributed by atoms with Gasteiger partial charge in [-0.15, -0.1) is 0 Å². The van der Waals surface area contributed by atoms with Crippen LogP contribution >= 0.6 is 0 Å². The molecule has 2 aromatic heterocycles. The maximum atomic E-state index is 11.1. The van der Waals surface area contributed by atoms with Gasteiger partial charge < -0.3 is 14.4 Å². The number of carbonyl (C=O) groups is 1. The smallest absolute Gasteiger partial charge is 0.352 e. The molecule has 0 aliphatic rings. The summed E-state index contributed by atoms with van der Waals surface area (Å²) in [5.41, 5.74) is 0.832. The van der Waals surface area contributed by atoms with Crippen molar-refractivity contribution in [2.24, 2.45) is 0 Å². The predicted octanol–water partition coefficient (Wildman–Crippen LogP) is 1.85. The maximum Gasteiger partial charge on any atom is 0.352 e. The Morgan fingerprint density at radius 1 is 1.48 bits per heavy atom. The summed E-state index contributed by atoms with van der Waals surface area (Å²) in [6, 6.07) is 4.42. The minimum absolute atomic E-state index is 0.105. The molecule has 8 heteroatoms. The van der Waals surface area contributed by atoms with Gasteiger partial charge in [0.15, 0.2) is 0 Å². The Balaban J connectivity index is 2.41. The molecule has 1 N–H and O–H groups in total. The first-order chi connectivity index (χ1) is 9.90. The number of carboxylic acids is 1. The van der Waals surface area contributed by atoms with E-state index in [1.165, 1.54) is 17.9 Å². The second-order valence-electron chi connectivity index (χ2n) is 4.41. The highest BCUT2D eigenvalue weighted by Crippen LogP contribution is 2.19. The fourth-order valence-corrected chi connectivity index (χ4v) is 1.98. The van der Waals surface area contributed by atoms with Crippen LogP contribution in [0.3, 0.4) is 0 Å². The number of pyridine rings is 1. The fraction of sp³-hybridized carbons (Fsp3) is 0.231.